The van der Waals surface area contributed by atoms with Crippen molar-refractivity contribution in [2.24, 2.45) is 5.92 Å². The van der Waals surface area contributed by atoms with Crippen molar-refractivity contribution in [2.45, 2.75) is 20.8 Å². The third kappa shape index (κ3) is 4.99. The maximum atomic E-state index is 11.6. The minimum absolute atomic E-state index is 0.0659. The normalized spacial score (nSPS) is 10.3. The second-order valence-corrected chi connectivity index (χ2v) is 4.91. The van der Waals surface area contributed by atoms with E-state index in [0.717, 1.165) is 5.56 Å². The highest BCUT2D eigenvalue weighted by Crippen LogP contribution is 2.17. The van der Waals surface area contributed by atoms with Crippen LogP contribution in [0.15, 0.2) is 18.2 Å². The Labute approximate surface area is 113 Å². The second-order valence-electron chi connectivity index (χ2n) is 4.91. The molecule has 0 aromatic heterocycles. The highest BCUT2D eigenvalue weighted by atomic mass is 16.4. The van der Waals surface area contributed by atoms with Crippen LogP contribution in [0.25, 0.3) is 0 Å². The minimum atomic E-state index is -1.01. The molecule has 0 saturated carbocycles. The fourth-order valence-electron chi connectivity index (χ4n) is 1.55. The molecule has 5 heteroatoms. The number of benzene rings is 1. The Bertz CT molecular complexity index is 470. The average Bonchev–Trinajstić information content (AvgIpc) is 2.33. The molecule has 0 bridgehead atoms. The Hall–Kier alpha value is -2.04. The van der Waals surface area contributed by atoms with Crippen molar-refractivity contribution in [1.82, 2.24) is 5.32 Å². The summed E-state index contributed by atoms with van der Waals surface area (Å²) in [6.07, 6.45) is 0. The van der Waals surface area contributed by atoms with Crippen molar-refractivity contribution in [3.8, 4) is 0 Å². The van der Waals surface area contributed by atoms with E-state index in [-0.39, 0.29) is 18.0 Å². The highest BCUT2D eigenvalue weighted by molar-refractivity contribution is 5.95. The first-order chi connectivity index (χ1) is 8.90. The summed E-state index contributed by atoms with van der Waals surface area (Å²) in [5.74, 6) is -0.769. The Balaban J connectivity index is 2.64. The molecule has 3 N–H and O–H groups in total. The standard InChI is InChI=1S/C14H20N2O3/c1-9(2)7-16-13(17)8-15-12-6-10(3)4-5-11(12)14(18)19/h4-6,9,15H,7-8H2,1-3H3,(H,16,17)(H,18,19). The van der Waals surface area contributed by atoms with Crippen LogP contribution < -0.4 is 10.6 Å². The lowest BCUT2D eigenvalue weighted by Crippen LogP contribution is -2.32. The topological polar surface area (TPSA) is 78.4 Å². The zero-order valence-electron chi connectivity index (χ0n) is 11.5. The molecule has 0 unspecified atom stereocenters. The van der Waals surface area contributed by atoms with Gasteiger partial charge in [0.2, 0.25) is 5.91 Å². The molecule has 5 nitrogen and oxygen atoms in total. The largest absolute Gasteiger partial charge is 0.478 e. The second kappa shape index (κ2) is 6.78. The van der Waals surface area contributed by atoms with Gasteiger partial charge in [0, 0.05) is 12.2 Å². The SMILES string of the molecule is Cc1ccc(C(=O)O)c(NCC(=O)NCC(C)C)c1. The third-order valence-electron chi connectivity index (χ3n) is 2.55. The maximum Gasteiger partial charge on any atom is 0.337 e. The van der Waals surface area contributed by atoms with E-state index in [1.807, 2.05) is 20.8 Å². The van der Waals surface area contributed by atoms with Crippen LogP contribution in [0, 0.1) is 12.8 Å². The predicted octanol–water partition coefficient (Wildman–Crippen LogP) is 1.88. The number of carboxylic acids is 1. The molecule has 0 aliphatic rings. The Morgan fingerprint density at radius 2 is 2.00 bits per heavy atom. The molecule has 1 rings (SSSR count). The molecule has 1 aromatic rings. The van der Waals surface area contributed by atoms with E-state index in [1.54, 1.807) is 12.1 Å². The fourth-order valence-corrected chi connectivity index (χ4v) is 1.55. The zero-order chi connectivity index (χ0) is 14.4. The van der Waals surface area contributed by atoms with Gasteiger partial charge in [0.05, 0.1) is 12.1 Å². The number of hydrogen-bond acceptors (Lipinski definition) is 3. The number of rotatable bonds is 6. The van der Waals surface area contributed by atoms with E-state index < -0.39 is 5.97 Å². The number of aromatic carboxylic acids is 1. The van der Waals surface area contributed by atoms with Gasteiger partial charge >= 0.3 is 5.97 Å². The number of carboxylic acid groups (broad SMARTS) is 1. The Morgan fingerprint density at radius 3 is 2.58 bits per heavy atom. The van der Waals surface area contributed by atoms with E-state index >= 15 is 0 Å². The van der Waals surface area contributed by atoms with Gasteiger partial charge in [0.15, 0.2) is 0 Å². The van der Waals surface area contributed by atoms with Gasteiger partial charge in [-0.05, 0) is 30.5 Å². The number of nitrogens with one attached hydrogen (secondary N) is 2. The third-order valence-corrected chi connectivity index (χ3v) is 2.55. The van der Waals surface area contributed by atoms with Crippen molar-refractivity contribution in [1.29, 1.82) is 0 Å². The van der Waals surface area contributed by atoms with Crippen LogP contribution >= 0.6 is 0 Å². The van der Waals surface area contributed by atoms with Gasteiger partial charge < -0.3 is 15.7 Å². The van der Waals surface area contributed by atoms with Gasteiger partial charge in [0.25, 0.3) is 0 Å². The smallest absolute Gasteiger partial charge is 0.337 e. The lowest BCUT2D eigenvalue weighted by molar-refractivity contribution is -0.119. The fraction of sp³-hybridized carbons (Fsp3) is 0.429. The van der Waals surface area contributed by atoms with E-state index in [2.05, 4.69) is 10.6 Å². The number of amides is 1. The van der Waals surface area contributed by atoms with Crippen molar-refractivity contribution in [2.75, 3.05) is 18.4 Å². The number of carbonyl (C=O) groups excluding carboxylic acids is 1. The molecule has 0 heterocycles. The maximum absolute atomic E-state index is 11.6. The summed E-state index contributed by atoms with van der Waals surface area (Å²) in [6.45, 7) is 6.57. The quantitative estimate of drug-likeness (QED) is 0.733. The van der Waals surface area contributed by atoms with Crippen molar-refractivity contribution < 1.29 is 14.7 Å². The zero-order valence-corrected chi connectivity index (χ0v) is 11.5. The highest BCUT2D eigenvalue weighted by Gasteiger charge is 2.11. The van der Waals surface area contributed by atoms with Crippen LogP contribution in [0.5, 0.6) is 0 Å². The summed E-state index contributed by atoms with van der Waals surface area (Å²) in [5, 5.41) is 14.7. The molecule has 1 aromatic carbocycles. The first kappa shape index (κ1) is 15.0. The molecule has 0 aliphatic heterocycles. The molecule has 0 aliphatic carbocycles. The van der Waals surface area contributed by atoms with Crippen LogP contribution in [0.1, 0.15) is 29.8 Å². The Morgan fingerprint density at radius 1 is 1.32 bits per heavy atom. The molecule has 0 radical (unpaired) electrons. The van der Waals surface area contributed by atoms with E-state index in [1.165, 1.54) is 6.07 Å². The first-order valence-corrected chi connectivity index (χ1v) is 6.24. The van der Waals surface area contributed by atoms with E-state index in [9.17, 15) is 9.59 Å². The molecule has 0 fully saturated rings. The van der Waals surface area contributed by atoms with E-state index in [0.29, 0.717) is 18.2 Å². The molecular weight excluding hydrogens is 244 g/mol. The molecule has 19 heavy (non-hydrogen) atoms. The average molecular weight is 264 g/mol. The summed E-state index contributed by atoms with van der Waals surface area (Å²) in [4.78, 5) is 22.6. The summed E-state index contributed by atoms with van der Waals surface area (Å²) in [6, 6.07) is 4.98. The number of anilines is 1. The summed E-state index contributed by atoms with van der Waals surface area (Å²) in [7, 11) is 0. The van der Waals surface area contributed by atoms with Gasteiger partial charge in [-0.25, -0.2) is 4.79 Å². The van der Waals surface area contributed by atoms with Crippen molar-refractivity contribution in [3.05, 3.63) is 29.3 Å². The van der Waals surface area contributed by atoms with Crippen LogP contribution in [0.3, 0.4) is 0 Å². The summed E-state index contributed by atoms with van der Waals surface area (Å²) < 4.78 is 0. The molecule has 1 amide bonds. The lowest BCUT2D eigenvalue weighted by Gasteiger charge is -2.11. The van der Waals surface area contributed by atoms with Crippen LogP contribution in [0.2, 0.25) is 0 Å². The van der Waals surface area contributed by atoms with Gasteiger partial charge in [-0.1, -0.05) is 19.9 Å². The van der Waals surface area contributed by atoms with Gasteiger partial charge in [0.1, 0.15) is 0 Å². The summed E-state index contributed by atoms with van der Waals surface area (Å²) in [5.41, 5.74) is 1.57. The lowest BCUT2D eigenvalue weighted by atomic mass is 10.1. The van der Waals surface area contributed by atoms with Gasteiger partial charge in [-0.3, -0.25) is 4.79 Å². The first-order valence-electron chi connectivity index (χ1n) is 6.24. The number of aryl methyl sites for hydroxylation is 1. The van der Waals surface area contributed by atoms with Gasteiger partial charge in [-0.15, -0.1) is 0 Å². The van der Waals surface area contributed by atoms with Crippen LogP contribution in [0.4, 0.5) is 5.69 Å². The van der Waals surface area contributed by atoms with E-state index in [4.69, 9.17) is 5.11 Å². The van der Waals surface area contributed by atoms with Crippen LogP contribution in [-0.2, 0) is 4.79 Å². The number of hydrogen-bond donors (Lipinski definition) is 3. The molecular formula is C14H20N2O3. The molecule has 0 atom stereocenters. The monoisotopic (exact) mass is 264 g/mol. The Kier molecular flexibility index (Phi) is 5.36. The van der Waals surface area contributed by atoms with Crippen molar-refractivity contribution >= 4 is 17.6 Å². The molecule has 0 spiro atoms. The molecule has 0 saturated heterocycles. The predicted molar refractivity (Wildman–Crippen MR) is 74.5 cm³/mol. The van der Waals surface area contributed by atoms with Crippen LogP contribution in [-0.4, -0.2) is 30.1 Å². The number of carbonyl (C=O) groups is 2. The minimum Gasteiger partial charge on any atom is -0.478 e. The molecule has 104 valence electrons. The van der Waals surface area contributed by atoms with Crippen molar-refractivity contribution in [3.63, 3.8) is 0 Å². The summed E-state index contributed by atoms with van der Waals surface area (Å²) >= 11 is 0. The van der Waals surface area contributed by atoms with Gasteiger partial charge in [-0.2, -0.15) is 0 Å².